The highest BCUT2D eigenvalue weighted by Gasteiger charge is 2.40. The third-order valence-corrected chi connectivity index (χ3v) is 4.75. The van der Waals surface area contributed by atoms with E-state index >= 15 is 0 Å². The Labute approximate surface area is 168 Å². The van der Waals surface area contributed by atoms with Crippen LogP contribution < -0.4 is 10.1 Å². The van der Waals surface area contributed by atoms with Crippen molar-refractivity contribution in [1.82, 2.24) is 4.90 Å². The van der Waals surface area contributed by atoms with E-state index in [4.69, 9.17) is 21.1 Å². The summed E-state index contributed by atoms with van der Waals surface area (Å²) in [6, 6.07) is 12.4. The van der Waals surface area contributed by atoms with Gasteiger partial charge in [0, 0.05) is 23.4 Å². The zero-order valence-electron chi connectivity index (χ0n) is 15.9. The van der Waals surface area contributed by atoms with Crippen molar-refractivity contribution >= 4 is 34.7 Å². The fourth-order valence-electron chi connectivity index (χ4n) is 3.08. The number of amides is 2. The predicted molar refractivity (Wildman–Crippen MR) is 108 cm³/mol. The van der Waals surface area contributed by atoms with Crippen molar-refractivity contribution in [3.63, 3.8) is 0 Å². The molecule has 0 atom stereocenters. The first kappa shape index (κ1) is 19.9. The van der Waals surface area contributed by atoms with Gasteiger partial charge in [-0.05, 0) is 36.8 Å². The van der Waals surface area contributed by atoms with E-state index in [0.717, 1.165) is 5.56 Å². The van der Waals surface area contributed by atoms with Gasteiger partial charge in [-0.3, -0.25) is 14.5 Å². The molecule has 0 saturated heterocycles. The van der Waals surface area contributed by atoms with Crippen LogP contribution in [0.4, 0.5) is 5.69 Å². The average molecular weight is 401 g/mol. The van der Waals surface area contributed by atoms with E-state index in [-0.39, 0.29) is 30.3 Å². The topological polar surface area (TPSA) is 67.9 Å². The molecule has 1 heterocycles. The van der Waals surface area contributed by atoms with Crippen molar-refractivity contribution in [1.29, 1.82) is 0 Å². The fourth-order valence-corrected chi connectivity index (χ4v) is 3.31. The number of carbonyl (C=O) groups excluding carboxylic acids is 2. The Balaban J connectivity index is 2.11. The molecule has 0 aliphatic carbocycles. The molecule has 1 aliphatic heterocycles. The lowest BCUT2D eigenvalue weighted by molar-refractivity contribution is -0.137. The molecule has 2 amide bonds. The highest BCUT2D eigenvalue weighted by molar-refractivity contribution is 6.37. The van der Waals surface area contributed by atoms with E-state index in [1.807, 2.05) is 13.0 Å². The molecule has 28 heavy (non-hydrogen) atoms. The lowest BCUT2D eigenvalue weighted by Gasteiger charge is -2.15. The summed E-state index contributed by atoms with van der Waals surface area (Å²) >= 11 is 6.03. The molecule has 0 aromatic heterocycles. The highest BCUT2D eigenvalue weighted by atomic mass is 35.5. The van der Waals surface area contributed by atoms with Crippen LogP contribution in [0.1, 0.15) is 11.1 Å². The molecule has 6 nitrogen and oxygen atoms in total. The van der Waals surface area contributed by atoms with Crippen LogP contribution in [0.3, 0.4) is 0 Å². The molecule has 0 spiro atoms. The molecule has 1 aliphatic rings. The number of imide groups is 1. The number of hydrogen-bond acceptors (Lipinski definition) is 5. The molecular weight excluding hydrogens is 380 g/mol. The number of nitrogens with one attached hydrogen (secondary N) is 1. The van der Waals surface area contributed by atoms with Gasteiger partial charge in [-0.2, -0.15) is 0 Å². The Morgan fingerprint density at radius 3 is 2.50 bits per heavy atom. The van der Waals surface area contributed by atoms with Gasteiger partial charge in [0.25, 0.3) is 11.8 Å². The lowest BCUT2D eigenvalue weighted by Crippen LogP contribution is -2.35. The smallest absolute Gasteiger partial charge is 0.278 e. The third kappa shape index (κ3) is 3.74. The summed E-state index contributed by atoms with van der Waals surface area (Å²) in [4.78, 5) is 27.3. The van der Waals surface area contributed by atoms with E-state index in [0.29, 0.717) is 22.0 Å². The van der Waals surface area contributed by atoms with Crippen LogP contribution in [-0.4, -0.2) is 44.1 Å². The van der Waals surface area contributed by atoms with Gasteiger partial charge in [-0.1, -0.05) is 29.8 Å². The summed E-state index contributed by atoms with van der Waals surface area (Å²) in [5, 5.41) is 3.73. The van der Waals surface area contributed by atoms with Gasteiger partial charge in [-0.15, -0.1) is 0 Å². The number of ether oxygens (including phenoxy) is 2. The second kappa shape index (κ2) is 8.46. The first-order chi connectivity index (χ1) is 13.5. The fraction of sp³-hybridized carbons (Fsp3) is 0.238. The van der Waals surface area contributed by atoms with Crippen molar-refractivity contribution in [3.8, 4) is 5.75 Å². The van der Waals surface area contributed by atoms with Gasteiger partial charge in [0.05, 0.1) is 25.8 Å². The number of rotatable bonds is 7. The third-order valence-electron chi connectivity index (χ3n) is 4.51. The minimum Gasteiger partial charge on any atom is -0.496 e. The zero-order chi connectivity index (χ0) is 20.3. The Kier molecular flexibility index (Phi) is 6.02. The number of aryl methyl sites for hydroxylation is 1. The molecule has 0 bridgehead atoms. The maximum absolute atomic E-state index is 13.1. The molecule has 1 N–H and O–H groups in total. The number of carbonyl (C=O) groups is 2. The highest BCUT2D eigenvalue weighted by Crippen LogP contribution is 2.35. The largest absolute Gasteiger partial charge is 0.496 e. The minimum absolute atomic E-state index is 0.164. The first-order valence-corrected chi connectivity index (χ1v) is 9.11. The maximum Gasteiger partial charge on any atom is 0.278 e. The van der Waals surface area contributed by atoms with Gasteiger partial charge in [-0.25, -0.2) is 0 Å². The van der Waals surface area contributed by atoms with Crippen LogP contribution in [0, 0.1) is 6.92 Å². The molecule has 0 fully saturated rings. The van der Waals surface area contributed by atoms with Gasteiger partial charge in [0.15, 0.2) is 0 Å². The van der Waals surface area contributed by atoms with Crippen LogP contribution in [0.2, 0.25) is 5.02 Å². The monoisotopic (exact) mass is 400 g/mol. The number of hydrogen-bond donors (Lipinski definition) is 1. The summed E-state index contributed by atoms with van der Waals surface area (Å²) in [6.45, 7) is 2.29. The molecular formula is C21H21ClN2O4. The van der Waals surface area contributed by atoms with E-state index in [1.165, 1.54) is 19.1 Å². The van der Waals surface area contributed by atoms with Crippen molar-refractivity contribution in [2.24, 2.45) is 0 Å². The minimum atomic E-state index is -0.405. The molecule has 3 rings (SSSR count). The average Bonchev–Trinajstić information content (AvgIpc) is 2.91. The molecule has 0 unspecified atom stereocenters. The first-order valence-electron chi connectivity index (χ1n) is 8.74. The molecule has 2 aromatic carbocycles. The zero-order valence-corrected chi connectivity index (χ0v) is 16.7. The summed E-state index contributed by atoms with van der Waals surface area (Å²) in [6.07, 6.45) is 0. The Morgan fingerprint density at radius 2 is 1.82 bits per heavy atom. The van der Waals surface area contributed by atoms with E-state index < -0.39 is 5.91 Å². The van der Waals surface area contributed by atoms with Crippen molar-refractivity contribution in [2.75, 3.05) is 32.7 Å². The van der Waals surface area contributed by atoms with Crippen molar-refractivity contribution in [2.45, 2.75) is 6.92 Å². The number of methoxy groups -OCH3 is 2. The predicted octanol–water partition coefficient (Wildman–Crippen LogP) is 3.50. The van der Waals surface area contributed by atoms with E-state index in [2.05, 4.69) is 5.32 Å². The Bertz CT molecular complexity index is 955. The van der Waals surface area contributed by atoms with Gasteiger partial charge >= 0.3 is 0 Å². The SMILES string of the molecule is COCCN1C(=O)C(Nc2ccc(Cl)cc2C)=C(c2ccccc2OC)C1=O. The summed E-state index contributed by atoms with van der Waals surface area (Å²) in [5.74, 6) is -0.280. The second-order valence-corrected chi connectivity index (χ2v) is 6.73. The quantitative estimate of drug-likeness (QED) is 0.720. The molecule has 146 valence electrons. The van der Waals surface area contributed by atoms with Crippen LogP contribution in [0.5, 0.6) is 5.75 Å². The van der Waals surface area contributed by atoms with Crippen LogP contribution in [-0.2, 0) is 14.3 Å². The van der Waals surface area contributed by atoms with E-state index in [1.54, 1.807) is 36.4 Å². The van der Waals surface area contributed by atoms with Crippen molar-refractivity contribution in [3.05, 3.63) is 64.3 Å². The second-order valence-electron chi connectivity index (χ2n) is 6.29. The molecule has 2 aromatic rings. The van der Waals surface area contributed by atoms with E-state index in [9.17, 15) is 9.59 Å². The van der Waals surface area contributed by atoms with Crippen LogP contribution in [0.25, 0.3) is 5.57 Å². The maximum atomic E-state index is 13.1. The Morgan fingerprint density at radius 1 is 1.07 bits per heavy atom. The number of nitrogens with zero attached hydrogens (tertiary/aromatic N) is 1. The Hall–Kier alpha value is -2.83. The standard InChI is InChI=1S/C21H21ClN2O4/c1-13-12-14(22)8-9-16(13)23-19-18(15-6-4-5-7-17(15)28-3)20(25)24(21(19)26)10-11-27-2/h4-9,12,23H,10-11H2,1-3H3. The number of halogens is 1. The van der Waals surface area contributed by atoms with Gasteiger partial charge < -0.3 is 14.8 Å². The van der Waals surface area contributed by atoms with Crippen LogP contribution >= 0.6 is 11.6 Å². The molecule has 7 heteroatoms. The number of anilines is 1. The lowest BCUT2D eigenvalue weighted by atomic mass is 10.0. The molecule has 0 saturated carbocycles. The van der Waals surface area contributed by atoms with Crippen LogP contribution in [0.15, 0.2) is 48.2 Å². The number of para-hydroxylation sites is 1. The van der Waals surface area contributed by atoms with Gasteiger partial charge in [0.2, 0.25) is 0 Å². The van der Waals surface area contributed by atoms with Gasteiger partial charge in [0.1, 0.15) is 11.4 Å². The summed E-state index contributed by atoms with van der Waals surface area (Å²) < 4.78 is 10.5. The van der Waals surface area contributed by atoms with Crippen molar-refractivity contribution < 1.29 is 19.1 Å². The summed E-state index contributed by atoms with van der Waals surface area (Å²) in [5.41, 5.74) is 2.58. The normalized spacial score (nSPS) is 14.1. The summed E-state index contributed by atoms with van der Waals surface area (Å²) in [7, 11) is 3.05. The number of benzene rings is 2. The molecule has 0 radical (unpaired) electrons.